The first kappa shape index (κ1) is 19.1. The molecule has 5 heteroatoms. The maximum absolute atomic E-state index is 12.4. The summed E-state index contributed by atoms with van der Waals surface area (Å²) in [6.07, 6.45) is 2.06. The van der Waals surface area contributed by atoms with Gasteiger partial charge in [0.2, 0.25) is 5.91 Å². The highest BCUT2D eigenvalue weighted by Gasteiger charge is 2.32. The smallest absolute Gasteiger partial charge is 0.248 e. The van der Waals surface area contributed by atoms with Crippen molar-refractivity contribution in [3.8, 4) is 0 Å². The molecule has 0 bridgehead atoms. The maximum atomic E-state index is 12.4. The zero-order valence-electron chi connectivity index (χ0n) is 15.4. The second-order valence-electron chi connectivity index (χ2n) is 7.13. The summed E-state index contributed by atoms with van der Waals surface area (Å²) in [5.74, 6) is 0.226. The fourth-order valence-electron chi connectivity index (χ4n) is 3.87. The van der Waals surface area contributed by atoms with Crippen LogP contribution in [0.1, 0.15) is 23.8 Å². The molecular formula is C21H28N2O2S. The number of amides is 1. The minimum atomic E-state index is -0.419. The number of rotatable bonds is 7. The molecule has 0 spiro atoms. The average Bonchev–Trinajstić information content (AvgIpc) is 3.19. The Hall–Kier alpha value is -1.69. The molecule has 1 aromatic carbocycles. The SMILES string of the molecule is CC1CN(CCc2cccs2)CCC1N(Cc1ccccc1)C(=O)CO. The summed E-state index contributed by atoms with van der Waals surface area (Å²) in [5.41, 5.74) is 1.11. The van der Waals surface area contributed by atoms with E-state index in [1.165, 1.54) is 4.88 Å². The molecule has 2 aromatic rings. The number of carbonyl (C=O) groups excluding carboxylic acids is 1. The van der Waals surface area contributed by atoms with Crippen LogP contribution in [0.4, 0.5) is 0 Å². The lowest BCUT2D eigenvalue weighted by Gasteiger charge is -2.42. The van der Waals surface area contributed by atoms with Gasteiger partial charge in [0, 0.05) is 37.1 Å². The van der Waals surface area contributed by atoms with Crippen molar-refractivity contribution in [2.45, 2.75) is 32.4 Å². The van der Waals surface area contributed by atoms with Gasteiger partial charge in [-0.05, 0) is 35.8 Å². The van der Waals surface area contributed by atoms with Gasteiger partial charge >= 0.3 is 0 Å². The summed E-state index contributed by atoms with van der Waals surface area (Å²) in [4.78, 5) is 18.2. The van der Waals surface area contributed by atoms with E-state index < -0.39 is 6.61 Å². The second kappa shape index (κ2) is 9.31. The Morgan fingerprint density at radius 2 is 2.08 bits per heavy atom. The third-order valence-electron chi connectivity index (χ3n) is 5.25. The normalized spacial score (nSPS) is 20.8. The summed E-state index contributed by atoms with van der Waals surface area (Å²) in [6.45, 7) is 5.46. The highest BCUT2D eigenvalue weighted by Crippen LogP contribution is 2.24. The van der Waals surface area contributed by atoms with E-state index in [1.54, 1.807) is 0 Å². The largest absolute Gasteiger partial charge is 0.387 e. The predicted octanol–water partition coefficient (Wildman–Crippen LogP) is 3.02. The second-order valence-corrected chi connectivity index (χ2v) is 8.16. The highest BCUT2D eigenvalue weighted by atomic mass is 32.1. The van der Waals surface area contributed by atoms with Gasteiger partial charge in [0.15, 0.2) is 0 Å². The van der Waals surface area contributed by atoms with Crippen molar-refractivity contribution >= 4 is 17.2 Å². The average molecular weight is 373 g/mol. The Morgan fingerprint density at radius 3 is 2.73 bits per heavy atom. The predicted molar refractivity (Wildman–Crippen MR) is 106 cm³/mol. The van der Waals surface area contributed by atoms with Gasteiger partial charge in [-0.3, -0.25) is 4.79 Å². The number of aliphatic hydroxyl groups is 1. The van der Waals surface area contributed by atoms with E-state index in [-0.39, 0.29) is 11.9 Å². The van der Waals surface area contributed by atoms with E-state index in [1.807, 2.05) is 46.6 Å². The van der Waals surface area contributed by atoms with E-state index in [0.29, 0.717) is 12.5 Å². The van der Waals surface area contributed by atoms with Crippen LogP contribution in [0.15, 0.2) is 47.8 Å². The van der Waals surface area contributed by atoms with Gasteiger partial charge in [0.25, 0.3) is 0 Å². The maximum Gasteiger partial charge on any atom is 0.248 e. The third kappa shape index (κ3) is 4.93. The number of thiophene rings is 1. The first-order chi connectivity index (χ1) is 12.7. The van der Waals surface area contributed by atoms with Gasteiger partial charge < -0.3 is 14.9 Å². The molecule has 1 saturated heterocycles. The first-order valence-electron chi connectivity index (χ1n) is 9.36. The summed E-state index contributed by atoms with van der Waals surface area (Å²) in [7, 11) is 0. The van der Waals surface area contributed by atoms with Crippen molar-refractivity contribution in [3.63, 3.8) is 0 Å². The van der Waals surface area contributed by atoms with Crippen LogP contribution in [0.25, 0.3) is 0 Å². The number of aliphatic hydroxyl groups excluding tert-OH is 1. The minimum Gasteiger partial charge on any atom is -0.387 e. The van der Waals surface area contributed by atoms with Gasteiger partial charge in [0.05, 0.1) is 0 Å². The first-order valence-corrected chi connectivity index (χ1v) is 10.2. The molecule has 140 valence electrons. The van der Waals surface area contributed by atoms with Crippen LogP contribution in [0, 0.1) is 5.92 Å². The fraction of sp³-hybridized carbons (Fsp3) is 0.476. The Morgan fingerprint density at radius 1 is 1.27 bits per heavy atom. The van der Waals surface area contributed by atoms with Crippen molar-refractivity contribution in [1.29, 1.82) is 0 Å². The summed E-state index contributed by atoms with van der Waals surface area (Å²) in [6, 6.07) is 14.5. The van der Waals surface area contributed by atoms with Crippen LogP contribution in [-0.4, -0.2) is 53.1 Å². The van der Waals surface area contributed by atoms with Crippen molar-refractivity contribution in [2.75, 3.05) is 26.2 Å². The lowest BCUT2D eigenvalue weighted by molar-refractivity contribution is -0.139. The molecule has 0 saturated carbocycles. The van der Waals surface area contributed by atoms with Gasteiger partial charge in [-0.15, -0.1) is 11.3 Å². The van der Waals surface area contributed by atoms with Gasteiger partial charge in [-0.1, -0.05) is 43.3 Å². The lowest BCUT2D eigenvalue weighted by Crippen LogP contribution is -2.52. The molecule has 2 atom stereocenters. The van der Waals surface area contributed by atoms with Crippen LogP contribution in [0.5, 0.6) is 0 Å². The third-order valence-corrected chi connectivity index (χ3v) is 6.19. The van der Waals surface area contributed by atoms with E-state index in [2.05, 4.69) is 29.3 Å². The van der Waals surface area contributed by atoms with Gasteiger partial charge in [0.1, 0.15) is 6.61 Å². The van der Waals surface area contributed by atoms with E-state index in [4.69, 9.17) is 0 Å². The molecule has 0 aliphatic carbocycles. The summed E-state index contributed by atoms with van der Waals surface area (Å²) >= 11 is 1.82. The monoisotopic (exact) mass is 372 g/mol. The highest BCUT2D eigenvalue weighted by molar-refractivity contribution is 7.09. The minimum absolute atomic E-state index is 0.169. The molecule has 26 heavy (non-hydrogen) atoms. The van der Waals surface area contributed by atoms with Crippen molar-refractivity contribution < 1.29 is 9.90 Å². The van der Waals surface area contributed by atoms with E-state index in [9.17, 15) is 9.90 Å². The van der Waals surface area contributed by atoms with Crippen LogP contribution >= 0.6 is 11.3 Å². The Bertz CT molecular complexity index is 675. The van der Waals surface area contributed by atoms with Crippen molar-refractivity contribution in [2.24, 2.45) is 5.92 Å². The van der Waals surface area contributed by atoms with E-state index in [0.717, 1.165) is 38.0 Å². The summed E-state index contributed by atoms with van der Waals surface area (Å²) in [5, 5.41) is 11.6. The number of likely N-dealkylation sites (tertiary alicyclic amines) is 1. The number of nitrogens with zero attached hydrogens (tertiary/aromatic N) is 2. The molecular weight excluding hydrogens is 344 g/mol. The van der Waals surface area contributed by atoms with Crippen LogP contribution < -0.4 is 0 Å². The van der Waals surface area contributed by atoms with Gasteiger partial charge in [-0.2, -0.15) is 0 Å². The van der Waals surface area contributed by atoms with Crippen LogP contribution in [0.3, 0.4) is 0 Å². The van der Waals surface area contributed by atoms with Crippen LogP contribution in [0.2, 0.25) is 0 Å². The standard InChI is InChI=1S/C21H28N2O2S/c1-17-14-22(11-9-19-8-5-13-26-19)12-10-20(17)23(21(25)16-24)15-18-6-3-2-4-7-18/h2-8,13,17,20,24H,9-12,14-16H2,1H3. The number of carbonyl (C=O) groups is 1. The Labute approximate surface area is 160 Å². The van der Waals surface area contributed by atoms with Crippen molar-refractivity contribution in [3.05, 3.63) is 58.3 Å². The molecule has 1 aliphatic heterocycles. The molecule has 2 heterocycles. The molecule has 1 aliphatic rings. The molecule has 2 unspecified atom stereocenters. The lowest BCUT2D eigenvalue weighted by atomic mass is 9.91. The zero-order valence-corrected chi connectivity index (χ0v) is 16.2. The quantitative estimate of drug-likeness (QED) is 0.812. The van der Waals surface area contributed by atoms with Gasteiger partial charge in [-0.25, -0.2) is 0 Å². The zero-order chi connectivity index (χ0) is 18.4. The summed E-state index contributed by atoms with van der Waals surface area (Å²) < 4.78 is 0. The van der Waals surface area contributed by atoms with Crippen LogP contribution in [-0.2, 0) is 17.8 Å². The molecule has 1 fully saturated rings. The fourth-order valence-corrected chi connectivity index (χ4v) is 4.57. The molecule has 1 aromatic heterocycles. The molecule has 0 radical (unpaired) electrons. The topological polar surface area (TPSA) is 43.8 Å². The van der Waals surface area contributed by atoms with E-state index >= 15 is 0 Å². The molecule has 1 N–H and O–H groups in total. The molecule has 1 amide bonds. The number of benzene rings is 1. The number of hydrogen-bond donors (Lipinski definition) is 1. The van der Waals surface area contributed by atoms with Crippen molar-refractivity contribution in [1.82, 2.24) is 9.80 Å². The Kier molecular flexibility index (Phi) is 6.83. The Balaban J connectivity index is 1.60. The molecule has 3 rings (SSSR count). The molecule has 4 nitrogen and oxygen atoms in total. The number of hydrogen-bond acceptors (Lipinski definition) is 4. The number of piperidine rings is 1.